The van der Waals surface area contributed by atoms with Crippen LogP contribution in [0.2, 0.25) is 0 Å². The summed E-state index contributed by atoms with van der Waals surface area (Å²) in [5.41, 5.74) is 4.15. The molecule has 0 bridgehead atoms. The van der Waals surface area contributed by atoms with Gasteiger partial charge in [-0.3, -0.25) is 4.98 Å². The van der Waals surface area contributed by atoms with Crippen LogP contribution in [0.5, 0.6) is 0 Å². The fourth-order valence-electron chi connectivity index (χ4n) is 3.06. The number of benzene rings is 1. The number of rotatable bonds is 3. The molecule has 1 aromatic carbocycles. The average molecular weight is 354 g/mol. The Morgan fingerprint density at radius 1 is 1.31 bits per heavy atom. The molecule has 0 saturated carbocycles. The highest BCUT2D eigenvalue weighted by Crippen LogP contribution is 2.31. The highest BCUT2D eigenvalue weighted by atomic mass is 16.6. The van der Waals surface area contributed by atoms with Gasteiger partial charge in [0.1, 0.15) is 11.7 Å². The second-order valence-corrected chi connectivity index (χ2v) is 7.63. The predicted molar refractivity (Wildman–Crippen MR) is 101 cm³/mol. The topological polar surface area (TPSA) is 51.7 Å². The van der Waals surface area contributed by atoms with E-state index in [2.05, 4.69) is 29.2 Å². The molecule has 5 heteroatoms. The molecule has 26 heavy (non-hydrogen) atoms. The number of carbonyl (C=O) groups excluding carboxylic acids is 1. The highest BCUT2D eigenvalue weighted by molar-refractivity contribution is 5.68. The van der Waals surface area contributed by atoms with Crippen LogP contribution in [0.25, 0.3) is 11.1 Å². The van der Waals surface area contributed by atoms with Crippen molar-refractivity contribution in [3.63, 3.8) is 0 Å². The van der Waals surface area contributed by atoms with Crippen molar-refractivity contribution in [2.75, 3.05) is 20.2 Å². The van der Waals surface area contributed by atoms with Gasteiger partial charge in [0.15, 0.2) is 0 Å². The minimum Gasteiger partial charge on any atom is -0.444 e. The first kappa shape index (κ1) is 18.4. The van der Waals surface area contributed by atoms with Gasteiger partial charge < -0.3 is 14.4 Å². The second kappa shape index (κ2) is 7.46. The molecule has 1 aliphatic heterocycles. The molecule has 0 spiro atoms. The van der Waals surface area contributed by atoms with Crippen molar-refractivity contribution in [1.29, 1.82) is 0 Å². The number of amides is 1. The number of ether oxygens (including phenoxy) is 2. The van der Waals surface area contributed by atoms with Gasteiger partial charge in [-0.25, -0.2) is 4.79 Å². The fraction of sp³-hybridized carbons (Fsp3) is 0.429. The van der Waals surface area contributed by atoms with Crippen LogP contribution in [0.1, 0.15) is 38.0 Å². The van der Waals surface area contributed by atoms with E-state index in [1.165, 1.54) is 5.56 Å². The molecule has 3 rings (SSSR count). The largest absolute Gasteiger partial charge is 0.444 e. The summed E-state index contributed by atoms with van der Waals surface area (Å²) in [6.07, 6.45) is 4.04. The van der Waals surface area contributed by atoms with Gasteiger partial charge >= 0.3 is 6.09 Å². The summed E-state index contributed by atoms with van der Waals surface area (Å²) in [4.78, 5) is 18.0. The molecule has 0 N–H and O–H groups in total. The Hall–Kier alpha value is -2.40. The van der Waals surface area contributed by atoms with E-state index in [-0.39, 0.29) is 12.2 Å². The average Bonchev–Trinajstić information content (AvgIpc) is 2.61. The van der Waals surface area contributed by atoms with E-state index in [9.17, 15) is 4.79 Å². The Labute approximate surface area is 155 Å². The summed E-state index contributed by atoms with van der Waals surface area (Å²) < 4.78 is 11.4. The van der Waals surface area contributed by atoms with Crippen LogP contribution >= 0.6 is 0 Å². The van der Waals surface area contributed by atoms with E-state index in [0.717, 1.165) is 23.1 Å². The van der Waals surface area contributed by atoms with Gasteiger partial charge in [-0.2, -0.15) is 0 Å². The Kier molecular flexibility index (Phi) is 5.28. The number of pyridine rings is 1. The summed E-state index contributed by atoms with van der Waals surface area (Å²) in [6, 6.07) is 10.4. The van der Waals surface area contributed by atoms with E-state index < -0.39 is 5.60 Å². The van der Waals surface area contributed by atoms with Crippen molar-refractivity contribution >= 4 is 6.09 Å². The molecule has 2 heterocycles. The van der Waals surface area contributed by atoms with Crippen LogP contribution in [0.3, 0.4) is 0 Å². The van der Waals surface area contributed by atoms with Crippen LogP contribution in [0.15, 0.2) is 42.7 Å². The van der Waals surface area contributed by atoms with Gasteiger partial charge in [0, 0.05) is 19.4 Å². The molecule has 5 nitrogen and oxygen atoms in total. The molecule has 0 aliphatic carbocycles. The molecule has 1 aliphatic rings. The SMILES string of the molecule is CN(C[C@H]1OCCc2cc(-c3cccnc3)ccc21)C(=O)OC(C)(C)C. The van der Waals surface area contributed by atoms with Crippen LogP contribution < -0.4 is 0 Å². The van der Waals surface area contributed by atoms with Crippen molar-refractivity contribution in [2.45, 2.75) is 38.9 Å². The van der Waals surface area contributed by atoms with Gasteiger partial charge in [0.25, 0.3) is 0 Å². The molecular weight excluding hydrogens is 328 g/mol. The quantitative estimate of drug-likeness (QED) is 0.828. The minimum absolute atomic E-state index is 0.140. The summed E-state index contributed by atoms with van der Waals surface area (Å²) in [5.74, 6) is 0. The Bertz CT molecular complexity index is 769. The molecule has 0 radical (unpaired) electrons. The van der Waals surface area contributed by atoms with Gasteiger partial charge in [0.2, 0.25) is 0 Å². The van der Waals surface area contributed by atoms with Crippen LogP contribution in [-0.2, 0) is 15.9 Å². The molecule has 138 valence electrons. The molecule has 1 aromatic heterocycles. The van der Waals surface area contributed by atoms with E-state index in [4.69, 9.17) is 9.47 Å². The third-order valence-electron chi connectivity index (χ3n) is 4.32. The predicted octanol–water partition coefficient (Wildman–Crippen LogP) is 4.23. The van der Waals surface area contributed by atoms with Crippen molar-refractivity contribution < 1.29 is 14.3 Å². The van der Waals surface area contributed by atoms with Crippen LogP contribution in [-0.4, -0.2) is 41.8 Å². The number of nitrogens with zero attached hydrogens (tertiary/aromatic N) is 2. The lowest BCUT2D eigenvalue weighted by Crippen LogP contribution is -2.37. The van der Waals surface area contributed by atoms with Gasteiger partial charge in [-0.05, 0) is 55.5 Å². The first-order chi connectivity index (χ1) is 12.3. The van der Waals surface area contributed by atoms with Gasteiger partial charge in [0.05, 0.1) is 13.2 Å². The van der Waals surface area contributed by atoms with E-state index in [1.807, 2.05) is 33.0 Å². The maximum atomic E-state index is 12.2. The summed E-state index contributed by atoms with van der Waals surface area (Å²) in [5, 5.41) is 0. The molecule has 0 unspecified atom stereocenters. The third kappa shape index (κ3) is 4.41. The molecule has 2 aromatic rings. The monoisotopic (exact) mass is 354 g/mol. The molecule has 0 fully saturated rings. The molecular formula is C21H26N2O3. The standard InChI is InChI=1S/C21H26N2O3/c1-21(2,3)26-20(24)23(4)14-19-18-8-7-15(12-16(18)9-11-25-19)17-6-5-10-22-13-17/h5-8,10,12-13,19H,9,11,14H2,1-4H3/t19-/m1/s1. The fourth-order valence-corrected chi connectivity index (χ4v) is 3.06. The van der Waals surface area contributed by atoms with Crippen molar-refractivity contribution in [1.82, 2.24) is 9.88 Å². The Morgan fingerprint density at radius 3 is 2.81 bits per heavy atom. The lowest BCUT2D eigenvalue weighted by atomic mass is 9.93. The van der Waals surface area contributed by atoms with Gasteiger partial charge in [-0.1, -0.05) is 24.3 Å². The molecule has 1 amide bonds. The number of likely N-dealkylation sites (N-methyl/N-ethyl adjacent to an activating group) is 1. The number of hydrogen-bond donors (Lipinski definition) is 0. The van der Waals surface area contributed by atoms with Crippen molar-refractivity contribution in [2.24, 2.45) is 0 Å². The van der Waals surface area contributed by atoms with E-state index >= 15 is 0 Å². The zero-order chi connectivity index (χ0) is 18.7. The normalized spacial score (nSPS) is 16.7. The zero-order valence-electron chi connectivity index (χ0n) is 15.9. The maximum Gasteiger partial charge on any atom is 0.410 e. The molecule has 0 saturated heterocycles. The van der Waals surface area contributed by atoms with Crippen LogP contribution in [0.4, 0.5) is 4.79 Å². The third-order valence-corrected chi connectivity index (χ3v) is 4.32. The number of aromatic nitrogens is 1. The summed E-state index contributed by atoms with van der Waals surface area (Å²) in [7, 11) is 1.75. The number of fused-ring (bicyclic) bond motifs is 1. The van der Waals surface area contributed by atoms with Crippen molar-refractivity contribution in [3.05, 3.63) is 53.9 Å². The van der Waals surface area contributed by atoms with Crippen molar-refractivity contribution in [3.8, 4) is 11.1 Å². The first-order valence-corrected chi connectivity index (χ1v) is 8.92. The first-order valence-electron chi connectivity index (χ1n) is 8.92. The van der Waals surface area contributed by atoms with E-state index in [0.29, 0.717) is 13.2 Å². The Balaban J connectivity index is 1.76. The number of hydrogen-bond acceptors (Lipinski definition) is 4. The van der Waals surface area contributed by atoms with Gasteiger partial charge in [-0.15, -0.1) is 0 Å². The summed E-state index contributed by atoms with van der Waals surface area (Å²) >= 11 is 0. The Morgan fingerprint density at radius 2 is 2.12 bits per heavy atom. The summed E-state index contributed by atoms with van der Waals surface area (Å²) in [6.45, 7) is 6.71. The zero-order valence-corrected chi connectivity index (χ0v) is 15.9. The molecule has 1 atom stereocenters. The second-order valence-electron chi connectivity index (χ2n) is 7.63. The maximum absolute atomic E-state index is 12.2. The minimum atomic E-state index is -0.505. The smallest absolute Gasteiger partial charge is 0.410 e. The van der Waals surface area contributed by atoms with Crippen LogP contribution in [0, 0.1) is 0 Å². The lowest BCUT2D eigenvalue weighted by molar-refractivity contribution is -0.00163. The van der Waals surface area contributed by atoms with E-state index in [1.54, 1.807) is 18.1 Å². The lowest BCUT2D eigenvalue weighted by Gasteiger charge is -2.31. The highest BCUT2D eigenvalue weighted by Gasteiger charge is 2.26. The number of carbonyl (C=O) groups is 1.